The minimum absolute atomic E-state index is 0.271. The lowest BCUT2D eigenvalue weighted by Crippen LogP contribution is -2.26. The van der Waals surface area contributed by atoms with Crippen LogP contribution in [0.15, 0.2) is 24.3 Å². The normalized spacial score (nSPS) is 11.9. The number of nitrogens with one attached hydrogen (secondary N) is 1. The lowest BCUT2D eigenvalue weighted by atomic mass is 10.1. The van der Waals surface area contributed by atoms with E-state index in [2.05, 4.69) is 5.32 Å². The number of benzene rings is 1. The Balaban J connectivity index is 2.29. The van der Waals surface area contributed by atoms with Crippen LogP contribution in [0.2, 0.25) is 0 Å². The molecule has 0 heterocycles. The van der Waals surface area contributed by atoms with Gasteiger partial charge in [0, 0.05) is 12.5 Å². The zero-order valence-electron chi connectivity index (χ0n) is 10.2. The quantitative estimate of drug-likeness (QED) is 0.796. The van der Waals surface area contributed by atoms with Gasteiger partial charge in [0.25, 0.3) is 0 Å². The number of carbonyl (C=O) groups excluding carboxylic acids is 2. The molecule has 0 saturated heterocycles. The molecule has 1 rings (SSSR count). The first-order valence-electron chi connectivity index (χ1n) is 5.64. The number of nitrogens with two attached hydrogens (primary N) is 1. The number of hydrogen-bond acceptors (Lipinski definition) is 2. The molecule has 1 aromatic rings. The van der Waals surface area contributed by atoms with Gasteiger partial charge in [-0.1, -0.05) is 19.1 Å². The minimum Gasteiger partial charge on any atom is -0.369 e. The fourth-order valence-electron chi connectivity index (χ4n) is 1.26. The van der Waals surface area contributed by atoms with Crippen molar-refractivity contribution in [1.82, 2.24) is 5.32 Å². The maximum atomic E-state index is 12.6. The molecule has 0 bridgehead atoms. The standard InChI is InChI=1S/C13H16FN2O2/c1-9(13(15)18)2-7-12(17)16-8-10-3-5-11(14)6-4-10/h3-7,9H,2,8H2,1H3,(H2,15,18)(H,16,17)/t9-/m0/s1. The lowest BCUT2D eigenvalue weighted by molar-refractivity contribution is -0.121. The number of rotatable bonds is 6. The van der Waals surface area contributed by atoms with Crippen LogP contribution in [0.25, 0.3) is 0 Å². The smallest absolute Gasteiger partial charge is 0.224 e. The van der Waals surface area contributed by atoms with Crippen molar-refractivity contribution in [2.75, 3.05) is 0 Å². The van der Waals surface area contributed by atoms with Gasteiger partial charge in [0.05, 0.1) is 6.42 Å². The number of primary amides is 1. The highest BCUT2D eigenvalue weighted by Crippen LogP contribution is 2.05. The van der Waals surface area contributed by atoms with Gasteiger partial charge < -0.3 is 11.1 Å². The molecule has 0 aliphatic heterocycles. The molecule has 4 nitrogen and oxygen atoms in total. The first kappa shape index (κ1) is 14.2. The van der Waals surface area contributed by atoms with Crippen molar-refractivity contribution in [3.8, 4) is 0 Å². The first-order valence-corrected chi connectivity index (χ1v) is 5.64. The van der Waals surface area contributed by atoms with E-state index in [0.29, 0.717) is 13.0 Å². The van der Waals surface area contributed by atoms with Crippen molar-refractivity contribution in [1.29, 1.82) is 0 Å². The summed E-state index contributed by atoms with van der Waals surface area (Å²) in [6.45, 7) is 1.98. The van der Waals surface area contributed by atoms with Gasteiger partial charge in [-0.05, 0) is 24.1 Å². The largest absolute Gasteiger partial charge is 0.369 e. The molecule has 0 fully saturated rings. The summed E-state index contributed by atoms with van der Waals surface area (Å²) in [7, 11) is 0. The third-order valence-electron chi connectivity index (χ3n) is 2.52. The molecule has 2 amide bonds. The molecule has 18 heavy (non-hydrogen) atoms. The SMILES string of the molecule is C[C@@H](C[CH]C(=O)NCc1ccc(F)cc1)C(N)=O. The van der Waals surface area contributed by atoms with Crippen LogP contribution < -0.4 is 11.1 Å². The topological polar surface area (TPSA) is 72.2 Å². The third-order valence-corrected chi connectivity index (χ3v) is 2.52. The van der Waals surface area contributed by atoms with Gasteiger partial charge in [0.1, 0.15) is 5.82 Å². The summed E-state index contributed by atoms with van der Waals surface area (Å²) in [4.78, 5) is 22.2. The van der Waals surface area contributed by atoms with Crippen LogP contribution in [0.4, 0.5) is 4.39 Å². The van der Waals surface area contributed by atoms with Gasteiger partial charge >= 0.3 is 0 Å². The highest BCUT2D eigenvalue weighted by atomic mass is 19.1. The van der Waals surface area contributed by atoms with E-state index in [4.69, 9.17) is 5.73 Å². The van der Waals surface area contributed by atoms with Gasteiger partial charge in [-0.25, -0.2) is 4.39 Å². The summed E-state index contributed by atoms with van der Waals surface area (Å²) in [5.74, 6) is -1.38. The maximum absolute atomic E-state index is 12.6. The van der Waals surface area contributed by atoms with Gasteiger partial charge in [0.15, 0.2) is 0 Å². The van der Waals surface area contributed by atoms with Crippen LogP contribution >= 0.6 is 0 Å². The van der Waals surface area contributed by atoms with E-state index in [1.54, 1.807) is 19.1 Å². The van der Waals surface area contributed by atoms with E-state index in [9.17, 15) is 14.0 Å². The van der Waals surface area contributed by atoms with Gasteiger partial charge in [-0.2, -0.15) is 0 Å². The number of hydrogen-bond donors (Lipinski definition) is 2. The van der Waals surface area contributed by atoms with Crippen molar-refractivity contribution in [3.05, 3.63) is 42.1 Å². The highest BCUT2D eigenvalue weighted by Gasteiger charge is 2.11. The second-order valence-electron chi connectivity index (χ2n) is 4.09. The summed E-state index contributed by atoms with van der Waals surface area (Å²) in [6, 6.07) is 5.87. The predicted octanol–water partition coefficient (Wildman–Crippen LogP) is 1.16. The maximum Gasteiger partial charge on any atom is 0.224 e. The molecule has 0 spiro atoms. The lowest BCUT2D eigenvalue weighted by Gasteiger charge is -2.07. The van der Waals surface area contributed by atoms with Gasteiger partial charge in [-0.15, -0.1) is 0 Å². The molecule has 1 aromatic carbocycles. The number of halogens is 1. The van der Waals surface area contributed by atoms with Crippen molar-refractivity contribution in [3.63, 3.8) is 0 Å². The number of carbonyl (C=O) groups is 2. The molecule has 1 radical (unpaired) electrons. The summed E-state index contributed by atoms with van der Waals surface area (Å²) in [5, 5.41) is 2.64. The minimum atomic E-state index is -0.433. The van der Waals surface area contributed by atoms with Crippen molar-refractivity contribution < 1.29 is 14.0 Å². The molecule has 0 aromatic heterocycles. The molecule has 1 atom stereocenters. The Labute approximate surface area is 105 Å². The zero-order valence-corrected chi connectivity index (χ0v) is 10.2. The molecule has 5 heteroatoms. The molecular weight excluding hydrogens is 235 g/mol. The average Bonchev–Trinajstić information content (AvgIpc) is 2.35. The summed E-state index contributed by atoms with van der Waals surface area (Å²) >= 11 is 0. The summed E-state index contributed by atoms with van der Waals surface area (Å²) in [5.41, 5.74) is 5.88. The van der Waals surface area contributed by atoms with E-state index in [1.807, 2.05) is 0 Å². The van der Waals surface area contributed by atoms with Crippen LogP contribution in [0, 0.1) is 18.2 Å². The van der Waals surface area contributed by atoms with Crippen LogP contribution in [-0.2, 0) is 16.1 Å². The van der Waals surface area contributed by atoms with Crippen LogP contribution in [-0.4, -0.2) is 11.8 Å². The van der Waals surface area contributed by atoms with E-state index >= 15 is 0 Å². The Bertz CT molecular complexity index is 418. The molecule has 0 saturated carbocycles. The van der Waals surface area contributed by atoms with Crippen LogP contribution in [0.1, 0.15) is 18.9 Å². The second kappa shape index (κ2) is 6.74. The van der Waals surface area contributed by atoms with Crippen molar-refractivity contribution in [2.24, 2.45) is 11.7 Å². The van der Waals surface area contributed by atoms with E-state index in [-0.39, 0.29) is 17.6 Å². The Morgan fingerprint density at radius 1 is 1.39 bits per heavy atom. The van der Waals surface area contributed by atoms with E-state index < -0.39 is 5.91 Å². The molecule has 97 valence electrons. The molecule has 3 N–H and O–H groups in total. The fraction of sp³-hybridized carbons (Fsp3) is 0.308. The molecular formula is C13H16FN2O2. The number of amides is 2. The fourth-order valence-corrected chi connectivity index (χ4v) is 1.26. The van der Waals surface area contributed by atoms with Gasteiger partial charge in [-0.3, -0.25) is 9.59 Å². The Hall–Kier alpha value is -1.91. The molecule has 0 aliphatic carbocycles. The predicted molar refractivity (Wildman–Crippen MR) is 65.5 cm³/mol. The van der Waals surface area contributed by atoms with Crippen LogP contribution in [0.5, 0.6) is 0 Å². The molecule has 0 aliphatic rings. The average molecular weight is 251 g/mol. The highest BCUT2D eigenvalue weighted by molar-refractivity contribution is 5.85. The van der Waals surface area contributed by atoms with E-state index in [0.717, 1.165) is 5.56 Å². The zero-order chi connectivity index (χ0) is 13.5. The molecule has 0 unspecified atom stereocenters. The third kappa shape index (κ3) is 4.95. The Morgan fingerprint density at radius 2 is 2.00 bits per heavy atom. The van der Waals surface area contributed by atoms with E-state index in [1.165, 1.54) is 18.6 Å². The first-order chi connectivity index (χ1) is 8.49. The summed E-state index contributed by atoms with van der Waals surface area (Å²) < 4.78 is 12.6. The van der Waals surface area contributed by atoms with Crippen molar-refractivity contribution >= 4 is 11.8 Å². The van der Waals surface area contributed by atoms with Gasteiger partial charge in [0.2, 0.25) is 11.8 Å². The van der Waals surface area contributed by atoms with Crippen LogP contribution in [0.3, 0.4) is 0 Å². The Morgan fingerprint density at radius 3 is 2.56 bits per heavy atom. The Kier molecular flexibility index (Phi) is 5.30. The summed E-state index contributed by atoms with van der Waals surface area (Å²) in [6.07, 6.45) is 1.70. The second-order valence-corrected chi connectivity index (χ2v) is 4.09. The van der Waals surface area contributed by atoms with Crippen molar-refractivity contribution in [2.45, 2.75) is 19.9 Å². The monoisotopic (exact) mass is 251 g/mol.